The number of rotatable bonds is 11. The number of allylic oxidation sites excluding steroid dienone is 5. The zero-order chi connectivity index (χ0) is 20.2. The summed E-state index contributed by atoms with van der Waals surface area (Å²) < 4.78 is 5.20. The van der Waals surface area contributed by atoms with E-state index in [4.69, 9.17) is 10.2 Å². The number of hydrogen-bond donors (Lipinski definition) is 2. The van der Waals surface area contributed by atoms with Gasteiger partial charge in [-0.3, -0.25) is 4.79 Å². The summed E-state index contributed by atoms with van der Waals surface area (Å²) in [5, 5.41) is 10.2. The first-order valence-corrected chi connectivity index (χ1v) is 9.52. The van der Waals surface area contributed by atoms with Crippen LogP contribution in [-0.4, -0.2) is 10.9 Å². The van der Waals surface area contributed by atoms with Gasteiger partial charge in [0.2, 0.25) is 0 Å². The average molecular weight is 373 g/mol. The smallest absolute Gasteiger partial charge is 0.351 e. The van der Waals surface area contributed by atoms with Crippen molar-refractivity contribution in [2.75, 3.05) is 0 Å². The molecule has 0 spiro atoms. The molecule has 1 aromatic heterocycles. The zero-order valence-electron chi connectivity index (χ0n) is 16.6. The second-order valence-corrected chi connectivity index (χ2v) is 6.73. The molecule has 1 rings (SSSR count). The maximum absolute atomic E-state index is 12.5. The fraction of sp³-hybridized carbons (Fsp3) is 0.455. The molecular formula is C22H31NO4. The van der Waals surface area contributed by atoms with Crippen LogP contribution < -0.4 is 11.4 Å². The van der Waals surface area contributed by atoms with Crippen molar-refractivity contribution in [2.45, 2.75) is 65.7 Å². The number of aromatic hydroxyl groups is 1. The van der Waals surface area contributed by atoms with Gasteiger partial charge < -0.3 is 15.3 Å². The lowest BCUT2D eigenvalue weighted by atomic mass is 10.0. The van der Waals surface area contributed by atoms with Crippen molar-refractivity contribution >= 4 is 5.78 Å². The van der Waals surface area contributed by atoms with Gasteiger partial charge >= 0.3 is 5.63 Å². The van der Waals surface area contributed by atoms with Gasteiger partial charge in [0, 0.05) is 12.5 Å². The topological polar surface area (TPSA) is 93.5 Å². The third kappa shape index (κ3) is 7.69. The quantitative estimate of drug-likeness (QED) is 0.252. The fourth-order valence-electron chi connectivity index (χ4n) is 2.63. The second-order valence-electron chi connectivity index (χ2n) is 6.73. The summed E-state index contributed by atoms with van der Waals surface area (Å²) in [4.78, 5) is 24.7. The van der Waals surface area contributed by atoms with E-state index in [1.807, 2.05) is 19.1 Å². The molecule has 148 valence electrons. The van der Waals surface area contributed by atoms with Crippen LogP contribution in [0.2, 0.25) is 0 Å². The van der Waals surface area contributed by atoms with Crippen LogP contribution in [0.5, 0.6) is 5.75 Å². The monoisotopic (exact) mass is 373 g/mol. The first-order chi connectivity index (χ1) is 12.9. The van der Waals surface area contributed by atoms with Crippen LogP contribution in [0, 0.1) is 0 Å². The lowest BCUT2D eigenvalue weighted by Crippen LogP contribution is -2.16. The average Bonchev–Trinajstić information content (AvgIpc) is 2.63. The predicted molar refractivity (Wildman–Crippen MR) is 109 cm³/mol. The normalized spacial score (nSPS) is 12.7. The minimum absolute atomic E-state index is 0.314. The number of Topliss-reactive ketones (excluding diaryl/α,β-unsaturated/α-hetero) is 1. The van der Waals surface area contributed by atoms with Crippen LogP contribution in [-0.2, 0) is 6.42 Å². The molecule has 27 heavy (non-hydrogen) atoms. The van der Waals surface area contributed by atoms with Crippen LogP contribution in [0.1, 0.15) is 75.4 Å². The van der Waals surface area contributed by atoms with Gasteiger partial charge in [-0.15, -0.1) is 0 Å². The number of nitrogens with two attached hydrogens (primary N) is 1. The molecule has 0 atom stereocenters. The molecule has 0 bridgehead atoms. The van der Waals surface area contributed by atoms with Crippen LogP contribution in [0.3, 0.4) is 0 Å². The summed E-state index contributed by atoms with van der Waals surface area (Å²) in [7, 11) is 0. The highest BCUT2D eigenvalue weighted by molar-refractivity contribution is 6.09. The Morgan fingerprint density at radius 2 is 1.96 bits per heavy atom. The van der Waals surface area contributed by atoms with E-state index in [0.29, 0.717) is 17.8 Å². The summed E-state index contributed by atoms with van der Waals surface area (Å²) in [5.74, 6) is -0.499. The van der Waals surface area contributed by atoms with Gasteiger partial charge in [-0.1, -0.05) is 43.6 Å². The molecule has 0 saturated heterocycles. The third-order valence-electron chi connectivity index (χ3n) is 4.29. The molecule has 0 aliphatic carbocycles. The van der Waals surface area contributed by atoms with Crippen LogP contribution in [0.15, 0.2) is 50.9 Å². The molecule has 0 fully saturated rings. The van der Waals surface area contributed by atoms with Crippen molar-refractivity contribution < 1.29 is 14.3 Å². The van der Waals surface area contributed by atoms with E-state index < -0.39 is 11.4 Å². The SMILES string of the molecule is CCCCC/C(C)=C/C=C(\C)C(=O)c1c(O)cc(CCC/C=C/N)oc1=O. The number of carbonyl (C=O) groups excluding carboxylic acids is 1. The van der Waals surface area contributed by atoms with E-state index in [1.54, 1.807) is 13.0 Å². The van der Waals surface area contributed by atoms with Gasteiger partial charge in [-0.2, -0.15) is 0 Å². The number of aryl methyl sites for hydroxylation is 1. The molecule has 1 aromatic rings. The summed E-state index contributed by atoms with van der Waals surface area (Å²) in [5.41, 5.74) is 5.71. The molecule has 3 N–H and O–H groups in total. The molecule has 0 saturated carbocycles. The highest BCUT2D eigenvalue weighted by atomic mass is 16.4. The highest BCUT2D eigenvalue weighted by Crippen LogP contribution is 2.20. The molecule has 0 aliphatic heterocycles. The lowest BCUT2D eigenvalue weighted by Gasteiger charge is -2.05. The van der Waals surface area contributed by atoms with E-state index >= 15 is 0 Å². The summed E-state index contributed by atoms with van der Waals surface area (Å²) >= 11 is 0. The van der Waals surface area contributed by atoms with Gasteiger partial charge in [0.15, 0.2) is 5.78 Å². The molecule has 0 aromatic carbocycles. The Balaban J connectivity index is 2.88. The lowest BCUT2D eigenvalue weighted by molar-refractivity contribution is 0.102. The van der Waals surface area contributed by atoms with Crippen molar-refractivity contribution in [2.24, 2.45) is 5.73 Å². The van der Waals surface area contributed by atoms with E-state index in [2.05, 4.69) is 6.92 Å². The van der Waals surface area contributed by atoms with Gasteiger partial charge in [-0.25, -0.2) is 4.79 Å². The Bertz CT molecular complexity index is 769. The Kier molecular flexibility index (Phi) is 9.94. The number of carbonyl (C=O) groups is 1. The Labute approximate surface area is 161 Å². The van der Waals surface area contributed by atoms with Crippen molar-refractivity contribution in [3.63, 3.8) is 0 Å². The summed E-state index contributed by atoms with van der Waals surface area (Å²) in [6.45, 7) is 5.80. The molecular weight excluding hydrogens is 342 g/mol. The van der Waals surface area contributed by atoms with Gasteiger partial charge in [-0.05, 0) is 51.3 Å². The number of unbranched alkanes of at least 4 members (excludes halogenated alkanes) is 3. The van der Waals surface area contributed by atoms with E-state index in [1.165, 1.54) is 24.3 Å². The molecule has 1 heterocycles. The van der Waals surface area contributed by atoms with Gasteiger partial charge in [0.1, 0.15) is 17.1 Å². The fourth-order valence-corrected chi connectivity index (χ4v) is 2.63. The molecule has 5 heteroatoms. The Hall–Kier alpha value is -2.56. The van der Waals surface area contributed by atoms with Crippen molar-refractivity contribution in [1.29, 1.82) is 0 Å². The zero-order valence-corrected chi connectivity index (χ0v) is 16.6. The maximum atomic E-state index is 12.5. The summed E-state index contributed by atoms with van der Waals surface area (Å²) in [6, 6.07) is 1.35. The highest BCUT2D eigenvalue weighted by Gasteiger charge is 2.20. The van der Waals surface area contributed by atoms with Crippen LogP contribution in [0.4, 0.5) is 0 Å². The van der Waals surface area contributed by atoms with E-state index in [9.17, 15) is 14.7 Å². The standard InChI is InChI=1S/C22H31NO4/c1-4-5-7-10-16(2)12-13-17(3)21(25)20-19(24)15-18(27-22(20)26)11-8-6-9-14-23/h9,12-15,24H,4-8,10-11,23H2,1-3H3/b14-9+,16-12+,17-13+. The first-order valence-electron chi connectivity index (χ1n) is 9.52. The summed E-state index contributed by atoms with van der Waals surface area (Å²) in [6.07, 6.45) is 13.2. The third-order valence-corrected chi connectivity index (χ3v) is 4.29. The minimum Gasteiger partial charge on any atom is -0.507 e. The molecule has 5 nitrogen and oxygen atoms in total. The van der Waals surface area contributed by atoms with Gasteiger partial charge in [0.25, 0.3) is 0 Å². The molecule has 0 radical (unpaired) electrons. The predicted octanol–water partition coefficient (Wildman–Crippen LogP) is 4.80. The van der Waals surface area contributed by atoms with E-state index in [0.717, 1.165) is 32.1 Å². The largest absolute Gasteiger partial charge is 0.507 e. The minimum atomic E-state index is -0.805. The molecule has 0 aliphatic rings. The second kappa shape index (κ2) is 11.9. The number of hydrogen-bond acceptors (Lipinski definition) is 5. The van der Waals surface area contributed by atoms with Crippen molar-refractivity contribution in [3.05, 3.63) is 63.4 Å². The Morgan fingerprint density at radius 3 is 2.59 bits per heavy atom. The van der Waals surface area contributed by atoms with E-state index in [-0.39, 0.29) is 11.3 Å². The number of ketones is 1. The Morgan fingerprint density at radius 1 is 1.22 bits per heavy atom. The van der Waals surface area contributed by atoms with Crippen molar-refractivity contribution in [3.8, 4) is 5.75 Å². The van der Waals surface area contributed by atoms with Gasteiger partial charge in [0.05, 0.1) is 0 Å². The van der Waals surface area contributed by atoms with Crippen LogP contribution in [0.25, 0.3) is 0 Å². The molecule has 0 unspecified atom stereocenters. The molecule has 0 amide bonds. The maximum Gasteiger partial charge on any atom is 0.351 e. The first kappa shape index (κ1) is 22.5. The van der Waals surface area contributed by atoms with Crippen molar-refractivity contribution in [1.82, 2.24) is 0 Å². The van der Waals surface area contributed by atoms with Crippen LogP contribution >= 0.6 is 0 Å².